The van der Waals surface area contributed by atoms with Crippen LogP contribution in [0.3, 0.4) is 0 Å². The van der Waals surface area contributed by atoms with Crippen molar-refractivity contribution >= 4 is 23.3 Å². The van der Waals surface area contributed by atoms with Crippen LogP contribution in [-0.2, 0) is 6.42 Å². The van der Waals surface area contributed by atoms with E-state index >= 15 is 0 Å². The summed E-state index contributed by atoms with van der Waals surface area (Å²) in [6, 6.07) is 8.35. The maximum Gasteiger partial charge on any atom is 0.181 e. The fourth-order valence-electron chi connectivity index (χ4n) is 1.42. The Morgan fingerprint density at radius 3 is 2.44 bits per heavy atom. The molecule has 0 spiro atoms. The minimum absolute atomic E-state index is 0.0797. The highest BCUT2D eigenvalue weighted by molar-refractivity contribution is 7.80. The SMILES string of the molecule is CC(C)CCc1ccc(C=CC(O)=S)cc1. The first-order valence-corrected chi connectivity index (χ1v) is 5.98. The first-order valence-electron chi connectivity index (χ1n) is 5.58. The molecule has 0 amide bonds. The lowest BCUT2D eigenvalue weighted by molar-refractivity contribution is 0.574. The lowest BCUT2D eigenvalue weighted by atomic mass is 10.0. The predicted octanol–water partition coefficient (Wildman–Crippen LogP) is 4.17. The van der Waals surface area contributed by atoms with E-state index in [9.17, 15) is 0 Å². The summed E-state index contributed by atoms with van der Waals surface area (Å²) in [5.41, 5.74) is 2.42. The molecule has 2 heteroatoms. The van der Waals surface area contributed by atoms with Crippen LogP contribution in [0.2, 0.25) is 0 Å². The van der Waals surface area contributed by atoms with Gasteiger partial charge in [0.05, 0.1) is 0 Å². The lowest BCUT2D eigenvalue weighted by Gasteiger charge is -2.04. The lowest BCUT2D eigenvalue weighted by Crippen LogP contribution is -1.91. The number of hydrogen-bond acceptors (Lipinski definition) is 1. The molecular formula is C14H18OS. The van der Waals surface area contributed by atoms with Crippen LogP contribution in [0.25, 0.3) is 6.08 Å². The molecule has 0 fully saturated rings. The molecule has 0 aliphatic heterocycles. The van der Waals surface area contributed by atoms with Gasteiger partial charge in [0.15, 0.2) is 5.05 Å². The van der Waals surface area contributed by atoms with Crippen LogP contribution in [-0.4, -0.2) is 10.2 Å². The molecular weight excluding hydrogens is 216 g/mol. The van der Waals surface area contributed by atoms with E-state index in [4.69, 9.17) is 5.11 Å². The monoisotopic (exact) mass is 234 g/mol. The Morgan fingerprint density at radius 2 is 1.94 bits per heavy atom. The Morgan fingerprint density at radius 1 is 1.31 bits per heavy atom. The van der Waals surface area contributed by atoms with Crippen molar-refractivity contribution in [1.82, 2.24) is 0 Å². The van der Waals surface area contributed by atoms with Gasteiger partial charge in [0.1, 0.15) is 0 Å². The van der Waals surface area contributed by atoms with E-state index in [0.717, 1.165) is 17.9 Å². The normalized spacial score (nSPS) is 11.2. The second-order valence-electron chi connectivity index (χ2n) is 4.35. The van der Waals surface area contributed by atoms with Crippen LogP contribution >= 0.6 is 12.2 Å². The second kappa shape index (κ2) is 6.44. The van der Waals surface area contributed by atoms with Crippen molar-refractivity contribution < 1.29 is 5.11 Å². The highest BCUT2D eigenvalue weighted by Gasteiger charge is 1.96. The quantitative estimate of drug-likeness (QED) is 0.609. The number of rotatable bonds is 5. The van der Waals surface area contributed by atoms with Crippen molar-refractivity contribution in [3.63, 3.8) is 0 Å². The van der Waals surface area contributed by atoms with Gasteiger partial charge in [-0.1, -0.05) is 44.2 Å². The highest BCUT2D eigenvalue weighted by Crippen LogP contribution is 2.11. The summed E-state index contributed by atoms with van der Waals surface area (Å²) < 4.78 is 0. The Bertz CT molecular complexity index is 363. The minimum Gasteiger partial charge on any atom is -0.499 e. The molecule has 1 aromatic rings. The first kappa shape index (κ1) is 12.9. The Balaban J connectivity index is 2.57. The smallest absolute Gasteiger partial charge is 0.181 e. The van der Waals surface area contributed by atoms with E-state index in [1.807, 2.05) is 18.2 Å². The fourth-order valence-corrected chi connectivity index (χ4v) is 1.49. The molecule has 0 aromatic heterocycles. The molecule has 1 nitrogen and oxygen atoms in total. The minimum atomic E-state index is -0.0797. The molecule has 0 saturated heterocycles. The Kier molecular flexibility index (Phi) is 5.20. The molecule has 0 saturated carbocycles. The molecule has 1 aromatic carbocycles. The van der Waals surface area contributed by atoms with Crippen molar-refractivity contribution in [2.45, 2.75) is 26.7 Å². The topological polar surface area (TPSA) is 20.2 Å². The van der Waals surface area contributed by atoms with Gasteiger partial charge in [-0.2, -0.15) is 0 Å². The van der Waals surface area contributed by atoms with E-state index in [1.54, 1.807) is 0 Å². The van der Waals surface area contributed by atoms with E-state index < -0.39 is 0 Å². The standard InChI is InChI=1S/C14H18OS/c1-11(2)3-4-12-5-7-13(8-6-12)9-10-14(15)16/h5-11H,3-4H2,1-2H3,(H,15,16). The molecule has 0 atom stereocenters. The first-order chi connectivity index (χ1) is 7.58. The van der Waals surface area contributed by atoms with Gasteiger partial charge in [-0.3, -0.25) is 0 Å². The molecule has 1 rings (SSSR count). The summed E-state index contributed by atoms with van der Waals surface area (Å²) in [5, 5.41) is 8.78. The molecule has 0 unspecified atom stereocenters. The molecule has 86 valence electrons. The van der Waals surface area contributed by atoms with E-state index in [2.05, 4.69) is 38.2 Å². The zero-order chi connectivity index (χ0) is 12.0. The van der Waals surface area contributed by atoms with Gasteiger partial charge < -0.3 is 5.11 Å². The van der Waals surface area contributed by atoms with Crippen LogP contribution in [0, 0.1) is 5.92 Å². The van der Waals surface area contributed by atoms with Gasteiger partial charge >= 0.3 is 0 Å². The zero-order valence-corrected chi connectivity index (χ0v) is 10.6. The van der Waals surface area contributed by atoms with Crippen molar-refractivity contribution in [2.24, 2.45) is 5.92 Å². The van der Waals surface area contributed by atoms with E-state index in [-0.39, 0.29) is 5.05 Å². The third-order valence-corrected chi connectivity index (χ3v) is 2.54. The van der Waals surface area contributed by atoms with Gasteiger partial charge in [-0.15, -0.1) is 0 Å². The molecule has 0 aliphatic rings. The summed E-state index contributed by atoms with van der Waals surface area (Å²) in [4.78, 5) is 0. The molecule has 0 bridgehead atoms. The van der Waals surface area contributed by atoms with Crippen LogP contribution in [0.15, 0.2) is 30.3 Å². The molecule has 0 aliphatic carbocycles. The maximum atomic E-state index is 8.86. The second-order valence-corrected chi connectivity index (χ2v) is 4.76. The number of aryl methyl sites for hydroxylation is 1. The summed E-state index contributed by atoms with van der Waals surface area (Å²) in [5.74, 6) is 0.742. The maximum absolute atomic E-state index is 8.86. The summed E-state index contributed by atoms with van der Waals surface area (Å²) in [7, 11) is 0. The fraction of sp³-hybridized carbons (Fsp3) is 0.357. The number of aliphatic hydroxyl groups is 1. The van der Waals surface area contributed by atoms with E-state index in [1.165, 1.54) is 18.1 Å². The predicted molar refractivity (Wildman–Crippen MR) is 73.9 cm³/mol. The van der Waals surface area contributed by atoms with Crippen LogP contribution in [0.1, 0.15) is 31.4 Å². The van der Waals surface area contributed by atoms with Gasteiger partial charge in [0.25, 0.3) is 0 Å². The molecule has 1 N–H and O–H groups in total. The molecule has 0 heterocycles. The molecule has 0 radical (unpaired) electrons. The number of hydrogen-bond donors (Lipinski definition) is 1. The highest BCUT2D eigenvalue weighted by atomic mass is 32.1. The summed E-state index contributed by atoms with van der Waals surface area (Å²) in [6.45, 7) is 4.47. The third kappa shape index (κ3) is 5.08. The van der Waals surface area contributed by atoms with Gasteiger partial charge in [-0.25, -0.2) is 0 Å². The van der Waals surface area contributed by atoms with Crippen LogP contribution in [0.4, 0.5) is 0 Å². The average Bonchev–Trinajstić information content (AvgIpc) is 2.25. The Labute approximate surface area is 103 Å². The van der Waals surface area contributed by atoms with Crippen molar-refractivity contribution in [3.05, 3.63) is 41.5 Å². The number of aliphatic hydroxyl groups excluding tert-OH is 1. The van der Waals surface area contributed by atoms with Crippen molar-refractivity contribution in [1.29, 1.82) is 0 Å². The zero-order valence-electron chi connectivity index (χ0n) is 9.81. The van der Waals surface area contributed by atoms with Gasteiger partial charge in [-0.05, 0) is 48.2 Å². The third-order valence-electron chi connectivity index (χ3n) is 2.41. The average molecular weight is 234 g/mol. The van der Waals surface area contributed by atoms with Crippen molar-refractivity contribution in [3.8, 4) is 0 Å². The number of thiocarbonyl (C=S) groups is 1. The summed E-state index contributed by atoms with van der Waals surface area (Å²) >= 11 is 4.56. The number of benzene rings is 1. The van der Waals surface area contributed by atoms with E-state index in [0.29, 0.717) is 0 Å². The molecule has 16 heavy (non-hydrogen) atoms. The van der Waals surface area contributed by atoms with Crippen molar-refractivity contribution in [2.75, 3.05) is 0 Å². The van der Waals surface area contributed by atoms with Crippen LogP contribution in [0.5, 0.6) is 0 Å². The van der Waals surface area contributed by atoms with Gasteiger partial charge in [0, 0.05) is 0 Å². The largest absolute Gasteiger partial charge is 0.499 e. The van der Waals surface area contributed by atoms with Crippen LogP contribution < -0.4 is 0 Å². The Hall–Kier alpha value is -1.15. The summed E-state index contributed by atoms with van der Waals surface area (Å²) in [6.07, 6.45) is 5.68. The van der Waals surface area contributed by atoms with Gasteiger partial charge in [0.2, 0.25) is 0 Å².